The molecule has 2 fully saturated rings. The van der Waals surface area contributed by atoms with E-state index in [1.54, 1.807) is 0 Å². The van der Waals surface area contributed by atoms with Crippen molar-refractivity contribution in [1.29, 1.82) is 0 Å². The highest BCUT2D eigenvalue weighted by molar-refractivity contribution is 7.80. The molecule has 0 aliphatic heterocycles. The molecular weight excluding hydrogens is 252 g/mol. The van der Waals surface area contributed by atoms with Crippen LogP contribution < -0.4 is 11.1 Å². The van der Waals surface area contributed by atoms with E-state index in [0.29, 0.717) is 4.99 Å². The highest BCUT2D eigenvalue weighted by Gasteiger charge is 2.39. The molecule has 2 saturated carbocycles. The predicted molar refractivity (Wildman–Crippen MR) is 84.5 cm³/mol. The number of nitrogens with one attached hydrogen (secondary N) is 1. The van der Waals surface area contributed by atoms with Gasteiger partial charge in [0.2, 0.25) is 0 Å². The minimum absolute atomic E-state index is 0.485. The molecule has 3 N–H and O–H groups in total. The smallest absolute Gasteiger partial charge is 0.106 e. The van der Waals surface area contributed by atoms with E-state index in [2.05, 4.69) is 30.4 Å². The quantitative estimate of drug-likeness (QED) is 0.826. The zero-order valence-electron chi connectivity index (χ0n) is 11.5. The van der Waals surface area contributed by atoms with Gasteiger partial charge in [-0.2, -0.15) is 0 Å². The number of hydrogen-bond acceptors (Lipinski definition) is 2. The van der Waals surface area contributed by atoms with Crippen LogP contribution >= 0.6 is 12.2 Å². The van der Waals surface area contributed by atoms with Crippen molar-refractivity contribution < 1.29 is 0 Å². The number of benzene rings is 1. The molecule has 3 unspecified atom stereocenters. The monoisotopic (exact) mass is 274 g/mol. The lowest BCUT2D eigenvalue weighted by Crippen LogP contribution is -2.22. The molecule has 0 spiro atoms. The van der Waals surface area contributed by atoms with E-state index in [1.165, 1.54) is 31.2 Å². The highest BCUT2D eigenvalue weighted by atomic mass is 32.1. The van der Waals surface area contributed by atoms with Gasteiger partial charge >= 0.3 is 0 Å². The lowest BCUT2D eigenvalue weighted by Gasteiger charge is -2.23. The van der Waals surface area contributed by atoms with Crippen LogP contribution in [0.5, 0.6) is 0 Å². The topological polar surface area (TPSA) is 38.0 Å². The number of aryl methyl sites for hydroxylation is 1. The molecule has 3 rings (SSSR count). The van der Waals surface area contributed by atoms with Gasteiger partial charge in [0.25, 0.3) is 0 Å². The Morgan fingerprint density at radius 2 is 2.21 bits per heavy atom. The average molecular weight is 274 g/mol. The summed E-state index contributed by atoms with van der Waals surface area (Å²) in [6, 6.07) is 6.30. The standard InChI is InChI=1S/C16H22N2S/c1-10-2-5-15(14(6-10)16(17)19)18-9-13-8-11-3-4-12(13)7-11/h2,5-6,11-13,18H,3-4,7-9H2,1H3,(H2,17,19). The summed E-state index contributed by atoms with van der Waals surface area (Å²) < 4.78 is 0. The van der Waals surface area contributed by atoms with Gasteiger partial charge in [0.1, 0.15) is 4.99 Å². The lowest BCUT2D eigenvalue weighted by atomic mass is 9.89. The minimum atomic E-state index is 0.485. The molecule has 0 radical (unpaired) electrons. The zero-order valence-corrected chi connectivity index (χ0v) is 12.3. The first kappa shape index (κ1) is 12.9. The Balaban J connectivity index is 1.68. The number of thiocarbonyl (C=S) groups is 1. The maximum absolute atomic E-state index is 5.82. The molecule has 19 heavy (non-hydrogen) atoms. The van der Waals surface area contributed by atoms with E-state index >= 15 is 0 Å². The molecular formula is C16H22N2S. The van der Waals surface area contributed by atoms with Crippen LogP contribution in [-0.2, 0) is 0 Å². The van der Waals surface area contributed by atoms with E-state index in [1.807, 2.05) is 0 Å². The van der Waals surface area contributed by atoms with Crippen molar-refractivity contribution in [2.75, 3.05) is 11.9 Å². The van der Waals surface area contributed by atoms with Crippen molar-refractivity contribution in [2.45, 2.75) is 32.6 Å². The van der Waals surface area contributed by atoms with Crippen LogP contribution in [0.25, 0.3) is 0 Å². The second-order valence-electron chi connectivity index (χ2n) is 6.23. The SMILES string of the molecule is Cc1ccc(NCC2CC3CCC2C3)c(C(N)=S)c1. The van der Waals surface area contributed by atoms with Crippen LogP contribution in [0, 0.1) is 24.7 Å². The molecule has 3 heteroatoms. The van der Waals surface area contributed by atoms with Gasteiger partial charge in [-0.3, -0.25) is 0 Å². The van der Waals surface area contributed by atoms with Crippen molar-refractivity contribution in [3.05, 3.63) is 29.3 Å². The summed E-state index contributed by atoms with van der Waals surface area (Å²) in [6.07, 6.45) is 5.77. The first-order valence-corrected chi connectivity index (χ1v) is 7.68. The maximum Gasteiger partial charge on any atom is 0.106 e. The van der Waals surface area contributed by atoms with Crippen LogP contribution in [0.3, 0.4) is 0 Å². The summed E-state index contributed by atoms with van der Waals surface area (Å²) in [6.45, 7) is 3.14. The number of nitrogens with two attached hydrogens (primary N) is 1. The van der Waals surface area contributed by atoms with Crippen LogP contribution in [0.15, 0.2) is 18.2 Å². The maximum atomic E-state index is 5.82. The van der Waals surface area contributed by atoms with Gasteiger partial charge < -0.3 is 11.1 Å². The van der Waals surface area contributed by atoms with E-state index in [9.17, 15) is 0 Å². The Morgan fingerprint density at radius 1 is 1.37 bits per heavy atom. The van der Waals surface area contributed by atoms with Crippen LogP contribution in [0.4, 0.5) is 5.69 Å². The van der Waals surface area contributed by atoms with Gasteiger partial charge in [-0.15, -0.1) is 0 Å². The molecule has 102 valence electrons. The summed E-state index contributed by atoms with van der Waals surface area (Å²) in [4.78, 5) is 0.485. The Bertz CT molecular complexity index is 498. The number of fused-ring (bicyclic) bond motifs is 2. The molecule has 2 bridgehead atoms. The lowest BCUT2D eigenvalue weighted by molar-refractivity contribution is 0.348. The molecule has 1 aromatic rings. The van der Waals surface area contributed by atoms with Crippen LogP contribution in [0.2, 0.25) is 0 Å². The molecule has 2 aliphatic carbocycles. The zero-order chi connectivity index (χ0) is 13.4. The normalized spacial score (nSPS) is 28.6. The van der Waals surface area contributed by atoms with E-state index in [-0.39, 0.29) is 0 Å². The van der Waals surface area contributed by atoms with Crippen LogP contribution in [-0.4, -0.2) is 11.5 Å². The first-order chi connectivity index (χ1) is 9.13. The highest BCUT2D eigenvalue weighted by Crippen LogP contribution is 2.48. The fraction of sp³-hybridized carbons (Fsp3) is 0.562. The third-order valence-corrected chi connectivity index (χ3v) is 5.10. The fourth-order valence-corrected chi connectivity index (χ4v) is 4.05. The van der Waals surface area contributed by atoms with E-state index in [4.69, 9.17) is 18.0 Å². The van der Waals surface area contributed by atoms with Crippen LogP contribution in [0.1, 0.15) is 36.8 Å². The van der Waals surface area contributed by atoms with Gasteiger partial charge in [0.15, 0.2) is 0 Å². The van der Waals surface area contributed by atoms with Gasteiger partial charge in [-0.05, 0) is 56.1 Å². The molecule has 2 nitrogen and oxygen atoms in total. The molecule has 0 saturated heterocycles. The summed E-state index contributed by atoms with van der Waals surface area (Å²) in [5, 5.41) is 3.58. The summed E-state index contributed by atoms with van der Waals surface area (Å²) in [5.74, 6) is 2.81. The minimum Gasteiger partial charge on any atom is -0.389 e. The Labute approximate surface area is 120 Å². The third kappa shape index (κ3) is 2.62. The second kappa shape index (κ2) is 5.12. The van der Waals surface area contributed by atoms with Crippen molar-refractivity contribution in [3.8, 4) is 0 Å². The van der Waals surface area contributed by atoms with Gasteiger partial charge in [0.05, 0.1) is 0 Å². The van der Waals surface area contributed by atoms with Crippen molar-refractivity contribution >= 4 is 22.9 Å². The molecule has 0 amide bonds. The molecule has 0 heterocycles. The largest absolute Gasteiger partial charge is 0.389 e. The van der Waals surface area contributed by atoms with Crippen molar-refractivity contribution in [3.63, 3.8) is 0 Å². The van der Waals surface area contributed by atoms with Gasteiger partial charge in [-0.1, -0.05) is 30.3 Å². The number of hydrogen-bond donors (Lipinski definition) is 2. The number of rotatable bonds is 4. The Morgan fingerprint density at radius 3 is 2.84 bits per heavy atom. The van der Waals surface area contributed by atoms with E-state index in [0.717, 1.165) is 35.5 Å². The number of anilines is 1. The third-order valence-electron chi connectivity index (χ3n) is 4.88. The molecule has 0 aromatic heterocycles. The summed E-state index contributed by atoms with van der Waals surface area (Å²) in [7, 11) is 0. The summed E-state index contributed by atoms with van der Waals surface area (Å²) >= 11 is 5.15. The molecule has 2 aliphatic rings. The Hall–Kier alpha value is -1.09. The molecule has 1 aromatic carbocycles. The second-order valence-corrected chi connectivity index (χ2v) is 6.67. The first-order valence-electron chi connectivity index (χ1n) is 7.28. The van der Waals surface area contributed by atoms with Crippen molar-refractivity contribution in [2.24, 2.45) is 23.5 Å². The predicted octanol–water partition coefficient (Wildman–Crippen LogP) is 3.48. The average Bonchev–Trinajstić information content (AvgIpc) is 2.99. The van der Waals surface area contributed by atoms with Crippen molar-refractivity contribution in [1.82, 2.24) is 0 Å². The summed E-state index contributed by atoms with van der Waals surface area (Å²) in [5.41, 5.74) is 9.10. The van der Waals surface area contributed by atoms with Gasteiger partial charge in [0, 0.05) is 17.8 Å². The molecule has 3 atom stereocenters. The van der Waals surface area contributed by atoms with E-state index < -0.39 is 0 Å². The Kier molecular flexibility index (Phi) is 3.48. The van der Waals surface area contributed by atoms with Gasteiger partial charge in [-0.25, -0.2) is 0 Å². The fourth-order valence-electron chi connectivity index (χ4n) is 3.88.